The van der Waals surface area contributed by atoms with Crippen molar-refractivity contribution in [3.05, 3.63) is 22.7 Å². The Bertz CT molecular complexity index is 625. The first-order valence-corrected chi connectivity index (χ1v) is 8.35. The molecule has 2 aliphatic heterocycles. The second-order valence-corrected chi connectivity index (χ2v) is 7.10. The highest BCUT2D eigenvalue weighted by molar-refractivity contribution is 8.24. The Morgan fingerprint density at radius 1 is 1.45 bits per heavy atom. The second kappa shape index (κ2) is 6.62. The highest BCUT2D eigenvalue weighted by Gasteiger charge is 2.37. The molecule has 1 atom stereocenters. The number of fused-ring (bicyclic) bond motifs is 1. The molecule has 3 rings (SSSR count). The van der Waals surface area contributed by atoms with Crippen LogP contribution < -0.4 is 9.47 Å². The van der Waals surface area contributed by atoms with Gasteiger partial charge in [0.2, 0.25) is 12.7 Å². The van der Waals surface area contributed by atoms with Crippen molar-refractivity contribution in [3.8, 4) is 11.5 Å². The molecule has 1 amide bonds. The third-order valence-corrected chi connectivity index (χ3v) is 5.41. The molecule has 22 heavy (non-hydrogen) atoms. The highest BCUT2D eigenvalue weighted by Crippen LogP contribution is 2.39. The average molecular weight is 360 g/mol. The number of methoxy groups -OCH3 is 1. The summed E-state index contributed by atoms with van der Waals surface area (Å²) in [5.41, 5.74) is 0.855. The Balaban J connectivity index is 1.74. The summed E-state index contributed by atoms with van der Waals surface area (Å²) in [6.45, 7) is 1.14. The molecule has 0 bridgehead atoms. The maximum atomic E-state index is 12.4. The number of carbonyl (C=O) groups excluding carboxylic acids is 1. The summed E-state index contributed by atoms with van der Waals surface area (Å²) in [5.74, 6) is 1.30. The number of thioether (sulfide) groups is 1. The smallest absolute Gasteiger partial charge is 0.242 e. The quantitative estimate of drug-likeness (QED) is 0.753. The molecule has 5 nitrogen and oxygen atoms in total. The molecule has 118 valence electrons. The molecule has 0 spiro atoms. The molecule has 1 aromatic rings. The largest absolute Gasteiger partial charge is 0.454 e. The number of carbonyl (C=O) groups is 1. The van der Waals surface area contributed by atoms with Crippen molar-refractivity contribution in [2.45, 2.75) is 11.7 Å². The topological polar surface area (TPSA) is 48.0 Å². The fraction of sp³-hybridized carbons (Fsp3) is 0.429. The molecule has 0 N–H and O–H groups in total. The van der Waals surface area contributed by atoms with E-state index in [0.29, 0.717) is 40.4 Å². The van der Waals surface area contributed by atoms with Crippen molar-refractivity contribution in [3.63, 3.8) is 0 Å². The number of amides is 1. The van der Waals surface area contributed by atoms with Gasteiger partial charge in [0.05, 0.1) is 18.4 Å². The summed E-state index contributed by atoms with van der Waals surface area (Å²) in [7, 11) is 1.60. The third kappa shape index (κ3) is 3.03. The maximum Gasteiger partial charge on any atom is 0.242 e. The second-order valence-electron chi connectivity index (χ2n) is 4.86. The molecular formula is C14H14ClNO4S2. The SMILES string of the molecule is COCCN1C(=O)[C@@H](Cc2cc3c(cc2Cl)OCO3)SC1=S. The van der Waals surface area contributed by atoms with E-state index in [1.807, 2.05) is 6.07 Å². The van der Waals surface area contributed by atoms with Crippen molar-refractivity contribution >= 4 is 45.8 Å². The van der Waals surface area contributed by atoms with Crippen LogP contribution in [0.1, 0.15) is 5.56 Å². The molecular weight excluding hydrogens is 346 g/mol. The van der Waals surface area contributed by atoms with E-state index in [2.05, 4.69) is 0 Å². The normalized spacial score (nSPS) is 20.1. The molecule has 0 aliphatic carbocycles. The molecule has 0 radical (unpaired) electrons. The monoisotopic (exact) mass is 359 g/mol. The number of benzene rings is 1. The van der Waals surface area contributed by atoms with Gasteiger partial charge in [0.1, 0.15) is 4.32 Å². The number of nitrogens with zero attached hydrogens (tertiary/aromatic N) is 1. The van der Waals surface area contributed by atoms with Crippen LogP contribution in [0.15, 0.2) is 12.1 Å². The van der Waals surface area contributed by atoms with Crippen LogP contribution >= 0.6 is 35.6 Å². The predicted octanol–water partition coefficient (Wildman–Crippen LogP) is 2.49. The van der Waals surface area contributed by atoms with Gasteiger partial charge >= 0.3 is 0 Å². The van der Waals surface area contributed by atoms with Gasteiger partial charge in [-0.2, -0.15) is 0 Å². The Kier molecular flexibility index (Phi) is 4.77. The Hall–Kier alpha value is -1.02. The van der Waals surface area contributed by atoms with Gasteiger partial charge in [-0.25, -0.2) is 0 Å². The van der Waals surface area contributed by atoms with Crippen LogP contribution in [0.5, 0.6) is 11.5 Å². The maximum absolute atomic E-state index is 12.4. The van der Waals surface area contributed by atoms with Gasteiger partial charge in [-0.15, -0.1) is 0 Å². The predicted molar refractivity (Wildman–Crippen MR) is 88.8 cm³/mol. The molecule has 0 unspecified atom stereocenters. The Morgan fingerprint density at radius 2 is 2.18 bits per heavy atom. The van der Waals surface area contributed by atoms with Gasteiger partial charge in [-0.1, -0.05) is 35.6 Å². The molecule has 2 heterocycles. The summed E-state index contributed by atoms with van der Waals surface area (Å²) in [6.07, 6.45) is 0.503. The van der Waals surface area contributed by atoms with E-state index in [1.54, 1.807) is 18.1 Å². The zero-order valence-electron chi connectivity index (χ0n) is 11.8. The summed E-state index contributed by atoms with van der Waals surface area (Å²) >= 11 is 12.9. The summed E-state index contributed by atoms with van der Waals surface area (Å²) < 4.78 is 16.2. The number of ether oxygens (including phenoxy) is 3. The van der Waals surface area contributed by atoms with E-state index in [0.717, 1.165) is 5.56 Å². The number of hydrogen-bond donors (Lipinski definition) is 0. The zero-order chi connectivity index (χ0) is 15.7. The minimum absolute atomic E-state index is 0.000725. The number of halogens is 1. The van der Waals surface area contributed by atoms with Crippen molar-refractivity contribution < 1.29 is 19.0 Å². The first kappa shape index (κ1) is 15.9. The zero-order valence-corrected chi connectivity index (χ0v) is 14.2. The minimum atomic E-state index is -0.262. The lowest BCUT2D eigenvalue weighted by molar-refractivity contribution is -0.126. The number of thiocarbonyl (C=S) groups is 1. The fourth-order valence-electron chi connectivity index (χ4n) is 2.33. The van der Waals surface area contributed by atoms with Crippen LogP contribution in [0.4, 0.5) is 0 Å². The van der Waals surface area contributed by atoms with Crippen LogP contribution in [0.2, 0.25) is 5.02 Å². The van der Waals surface area contributed by atoms with E-state index >= 15 is 0 Å². The number of rotatable bonds is 5. The first-order chi connectivity index (χ1) is 10.6. The van der Waals surface area contributed by atoms with Gasteiger partial charge in [0.15, 0.2) is 11.5 Å². The highest BCUT2D eigenvalue weighted by atomic mass is 35.5. The lowest BCUT2D eigenvalue weighted by Crippen LogP contribution is -2.34. The van der Waals surface area contributed by atoms with Gasteiger partial charge in [0, 0.05) is 18.2 Å². The molecule has 0 saturated carbocycles. The first-order valence-electron chi connectivity index (χ1n) is 6.69. The minimum Gasteiger partial charge on any atom is -0.454 e. The summed E-state index contributed by atoms with van der Waals surface area (Å²) in [4.78, 5) is 14.0. The van der Waals surface area contributed by atoms with Gasteiger partial charge in [-0.3, -0.25) is 9.69 Å². The lowest BCUT2D eigenvalue weighted by atomic mass is 10.1. The van der Waals surface area contributed by atoms with Crippen molar-refractivity contribution in [2.24, 2.45) is 0 Å². The molecule has 1 aromatic carbocycles. The molecule has 1 fully saturated rings. The molecule has 1 saturated heterocycles. The molecule has 2 aliphatic rings. The molecule has 8 heteroatoms. The van der Waals surface area contributed by atoms with Crippen LogP contribution in [0.3, 0.4) is 0 Å². The van der Waals surface area contributed by atoms with Crippen molar-refractivity contribution in [2.75, 3.05) is 27.1 Å². The summed E-state index contributed by atoms with van der Waals surface area (Å²) in [6, 6.07) is 3.56. The summed E-state index contributed by atoms with van der Waals surface area (Å²) in [5, 5.41) is 0.307. The van der Waals surface area contributed by atoms with Crippen LogP contribution in [-0.2, 0) is 16.0 Å². The van der Waals surface area contributed by atoms with Crippen LogP contribution in [-0.4, -0.2) is 47.4 Å². The van der Waals surface area contributed by atoms with E-state index in [1.165, 1.54) is 11.8 Å². The lowest BCUT2D eigenvalue weighted by Gasteiger charge is -2.15. The Labute approximate surface area is 142 Å². The van der Waals surface area contributed by atoms with Crippen LogP contribution in [0.25, 0.3) is 0 Å². The van der Waals surface area contributed by atoms with E-state index in [9.17, 15) is 4.79 Å². The van der Waals surface area contributed by atoms with E-state index < -0.39 is 0 Å². The average Bonchev–Trinajstić information content (AvgIpc) is 3.03. The van der Waals surface area contributed by atoms with Gasteiger partial charge < -0.3 is 14.2 Å². The Morgan fingerprint density at radius 3 is 2.91 bits per heavy atom. The van der Waals surface area contributed by atoms with Crippen LogP contribution in [0, 0.1) is 0 Å². The van der Waals surface area contributed by atoms with E-state index in [-0.39, 0.29) is 18.0 Å². The van der Waals surface area contributed by atoms with Gasteiger partial charge in [0.25, 0.3) is 0 Å². The van der Waals surface area contributed by atoms with E-state index in [4.69, 9.17) is 38.0 Å². The van der Waals surface area contributed by atoms with Crippen molar-refractivity contribution in [1.29, 1.82) is 0 Å². The number of hydrogen-bond acceptors (Lipinski definition) is 6. The fourth-order valence-corrected chi connectivity index (χ4v) is 4.13. The van der Waals surface area contributed by atoms with Gasteiger partial charge in [-0.05, 0) is 18.1 Å². The third-order valence-electron chi connectivity index (χ3n) is 3.47. The molecule has 0 aromatic heterocycles. The standard InChI is InChI=1S/C14H14ClNO4S2/c1-18-3-2-16-13(17)12(22-14(16)21)5-8-4-10-11(6-9(8)15)20-7-19-10/h4,6,12H,2-3,5,7H2,1H3/t12-/m1/s1. The van der Waals surface area contributed by atoms with Crippen molar-refractivity contribution in [1.82, 2.24) is 4.90 Å².